The van der Waals surface area contributed by atoms with Crippen LogP contribution in [0.4, 0.5) is 0 Å². The first kappa shape index (κ1) is 19.0. The van der Waals surface area contributed by atoms with E-state index in [0.29, 0.717) is 16.9 Å². The zero-order valence-electron chi connectivity index (χ0n) is 16.3. The largest absolute Gasteiger partial charge is 0.468 e. The lowest BCUT2D eigenvalue weighted by Gasteiger charge is -2.22. The van der Waals surface area contributed by atoms with Crippen LogP contribution in [0.5, 0.6) is 5.75 Å². The average molecular weight is 465 g/mol. The zero-order chi connectivity index (χ0) is 21.3. The van der Waals surface area contributed by atoms with Gasteiger partial charge < -0.3 is 9.47 Å². The number of carbonyl (C=O) groups excluding carboxylic acids is 3. The second-order valence-electron chi connectivity index (χ2n) is 7.86. The van der Waals surface area contributed by atoms with Crippen LogP contribution in [0.2, 0.25) is 0 Å². The normalized spacial score (nSPS) is 26.4. The number of esters is 2. The Hall–Kier alpha value is -2.99. The molecule has 5 nitrogen and oxygen atoms in total. The molecule has 2 aliphatic rings. The Morgan fingerprint density at radius 3 is 2.43 bits per heavy atom. The molecule has 6 heteroatoms. The van der Waals surface area contributed by atoms with Crippen molar-refractivity contribution in [3.05, 3.63) is 76.3 Å². The van der Waals surface area contributed by atoms with E-state index in [0.717, 1.165) is 15.2 Å². The van der Waals surface area contributed by atoms with Crippen LogP contribution in [0.15, 0.2) is 65.1 Å². The lowest BCUT2D eigenvalue weighted by atomic mass is 9.87. The fourth-order valence-electron chi connectivity index (χ4n) is 5.08. The highest BCUT2D eigenvalue weighted by Gasteiger charge is 2.89. The standard InChI is InChI=1S/C24H17BrO5/c1-23(20(26)14-7-10-15(25)11-8-14)19-18-16-6-4-3-5-13(16)9-12-17(18)30-22(28)24(19,23)21(27)29-2/h3-12,19H,1-2H3/t19-,23-,24+/m0/s1. The van der Waals surface area contributed by atoms with Crippen molar-refractivity contribution in [2.24, 2.45) is 10.8 Å². The summed E-state index contributed by atoms with van der Waals surface area (Å²) in [5.74, 6) is -2.06. The van der Waals surface area contributed by atoms with Crippen molar-refractivity contribution >= 4 is 44.4 Å². The van der Waals surface area contributed by atoms with Crippen molar-refractivity contribution in [2.45, 2.75) is 12.8 Å². The summed E-state index contributed by atoms with van der Waals surface area (Å²) in [4.78, 5) is 39.9. The number of fused-ring (bicyclic) bond motifs is 5. The van der Waals surface area contributed by atoms with Crippen LogP contribution >= 0.6 is 15.9 Å². The molecule has 0 amide bonds. The molecule has 0 aromatic heterocycles. The van der Waals surface area contributed by atoms with Crippen LogP contribution in [-0.2, 0) is 14.3 Å². The number of rotatable bonds is 3. The summed E-state index contributed by atoms with van der Waals surface area (Å²) >= 11 is 3.37. The molecule has 3 aromatic carbocycles. The van der Waals surface area contributed by atoms with Gasteiger partial charge in [0.1, 0.15) is 5.75 Å². The van der Waals surface area contributed by atoms with Gasteiger partial charge in [0.25, 0.3) is 0 Å². The van der Waals surface area contributed by atoms with E-state index in [1.54, 1.807) is 37.3 Å². The quantitative estimate of drug-likeness (QED) is 0.244. The van der Waals surface area contributed by atoms with Gasteiger partial charge in [-0.3, -0.25) is 14.4 Å². The van der Waals surface area contributed by atoms with E-state index in [2.05, 4.69) is 15.9 Å². The topological polar surface area (TPSA) is 69.7 Å². The number of Topliss-reactive ketones (excluding diaryl/α,β-unsaturated/α-hetero) is 1. The minimum atomic E-state index is -1.71. The third-order valence-electron chi connectivity index (χ3n) is 6.58. The van der Waals surface area contributed by atoms with Gasteiger partial charge in [0.05, 0.1) is 12.5 Å². The molecule has 1 heterocycles. The van der Waals surface area contributed by atoms with Crippen molar-refractivity contribution in [1.82, 2.24) is 0 Å². The predicted molar refractivity (Wildman–Crippen MR) is 113 cm³/mol. The van der Waals surface area contributed by atoms with Crippen molar-refractivity contribution in [3.8, 4) is 5.75 Å². The SMILES string of the molecule is COC(=O)[C@@]12C(=O)Oc3ccc4ccccc4c3[C@H]1[C@@]2(C)C(=O)c1ccc(Br)cc1. The van der Waals surface area contributed by atoms with Crippen molar-refractivity contribution in [1.29, 1.82) is 0 Å². The number of methoxy groups -OCH3 is 1. The maximum atomic E-state index is 13.7. The van der Waals surface area contributed by atoms with Gasteiger partial charge in [0.15, 0.2) is 11.2 Å². The number of ether oxygens (including phenoxy) is 2. The Kier molecular flexibility index (Phi) is 3.96. The van der Waals surface area contributed by atoms with Crippen LogP contribution < -0.4 is 4.74 Å². The second-order valence-corrected chi connectivity index (χ2v) is 8.77. The lowest BCUT2D eigenvalue weighted by molar-refractivity contribution is -0.160. The van der Waals surface area contributed by atoms with E-state index >= 15 is 0 Å². The average Bonchev–Trinajstić information content (AvgIpc) is 3.35. The molecule has 5 rings (SSSR count). The minimum Gasteiger partial charge on any atom is -0.468 e. The molecule has 1 aliphatic heterocycles. The Balaban J connectivity index is 1.78. The number of ketones is 1. The number of hydrogen-bond donors (Lipinski definition) is 0. The molecule has 1 fully saturated rings. The zero-order valence-corrected chi connectivity index (χ0v) is 17.9. The number of benzene rings is 3. The fourth-order valence-corrected chi connectivity index (χ4v) is 5.35. The predicted octanol–water partition coefficient (Wildman–Crippen LogP) is 4.67. The first-order valence-electron chi connectivity index (χ1n) is 9.50. The third kappa shape index (κ3) is 2.14. The maximum Gasteiger partial charge on any atom is 0.330 e. The van der Waals surface area contributed by atoms with Crippen molar-refractivity contribution < 1.29 is 23.9 Å². The highest BCUT2D eigenvalue weighted by Crippen LogP contribution is 2.79. The van der Waals surface area contributed by atoms with Gasteiger partial charge in [-0.1, -0.05) is 58.4 Å². The molecule has 0 unspecified atom stereocenters. The van der Waals surface area contributed by atoms with Crippen molar-refractivity contribution in [2.75, 3.05) is 7.11 Å². The highest BCUT2D eigenvalue weighted by molar-refractivity contribution is 9.10. The first-order chi connectivity index (χ1) is 14.4. The van der Waals surface area contributed by atoms with Gasteiger partial charge in [-0.25, -0.2) is 0 Å². The number of hydrogen-bond acceptors (Lipinski definition) is 5. The summed E-state index contributed by atoms with van der Waals surface area (Å²) in [5, 5.41) is 1.80. The van der Waals surface area contributed by atoms with Crippen LogP contribution in [0, 0.1) is 10.8 Å². The molecule has 0 N–H and O–H groups in total. The molecule has 1 aliphatic carbocycles. The van der Waals surface area contributed by atoms with Crippen LogP contribution in [0.1, 0.15) is 28.8 Å². The Morgan fingerprint density at radius 2 is 1.73 bits per heavy atom. The van der Waals surface area contributed by atoms with Gasteiger partial charge in [0.2, 0.25) is 0 Å². The first-order valence-corrected chi connectivity index (χ1v) is 10.3. The summed E-state index contributed by atoms with van der Waals surface area (Å²) in [5.41, 5.74) is -1.90. The lowest BCUT2D eigenvalue weighted by Crippen LogP contribution is -2.39. The minimum absolute atomic E-state index is 0.289. The van der Waals surface area contributed by atoms with Crippen LogP contribution in [0.25, 0.3) is 10.8 Å². The van der Waals surface area contributed by atoms with Gasteiger partial charge in [-0.05, 0) is 35.9 Å². The molecule has 0 saturated heterocycles. The van der Waals surface area contributed by atoms with E-state index < -0.39 is 28.7 Å². The van der Waals surface area contributed by atoms with E-state index in [-0.39, 0.29) is 5.78 Å². The summed E-state index contributed by atoms with van der Waals surface area (Å²) < 4.78 is 11.5. The van der Waals surface area contributed by atoms with E-state index in [9.17, 15) is 14.4 Å². The third-order valence-corrected chi connectivity index (χ3v) is 7.10. The Labute approximate surface area is 181 Å². The summed E-state index contributed by atoms with van der Waals surface area (Å²) in [6, 6.07) is 18.1. The number of halogens is 1. The molecule has 0 radical (unpaired) electrons. The summed E-state index contributed by atoms with van der Waals surface area (Å²) in [6.07, 6.45) is 0. The smallest absolute Gasteiger partial charge is 0.330 e. The molecule has 3 atom stereocenters. The molecular formula is C24H17BrO5. The number of carbonyl (C=O) groups is 3. The van der Waals surface area contributed by atoms with Gasteiger partial charge in [-0.2, -0.15) is 0 Å². The second kappa shape index (κ2) is 6.25. The molecule has 0 spiro atoms. The van der Waals surface area contributed by atoms with E-state index in [4.69, 9.17) is 9.47 Å². The monoisotopic (exact) mass is 464 g/mol. The Bertz CT molecular complexity index is 1250. The van der Waals surface area contributed by atoms with Gasteiger partial charge in [0, 0.05) is 21.5 Å². The molecular weight excluding hydrogens is 448 g/mol. The fraction of sp³-hybridized carbons (Fsp3) is 0.208. The van der Waals surface area contributed by atoms with Crippen LogP contribution in [-0.4, -0.2) is 24.8 Å². The van der Waals surface area contributed by atoms with Gasteiger partial charge >= 0.3 is 11.9 Å². The molecule has 0 bridgehead atoms. The van der Waals surface area contributed by atoms with E-state index in [1.807, 2.05) is 30.3 Å². The van der Waals surface area contributed by atoms with Crippen molar-refractivity contribution in [3.63, 3.8) is 0 Å². The highest BCUT2D eigenvalue weighted by atomic mass is 79.9. The molecule has 150 valence electrons. The molecule has 1 saturated carbocycles. The Morgan fingerprint density at radius 1 is 1.03 bits per heavy atom. The maximum absolute atomic E-state index is 13.7. The van der Waals surface area contributed by atoms with E-state index in [1.165, 1.54) is 7.11 Å². The molecule has 30 heavy (non-hydrogen) atoms. The molecule has 3 aromatic rings. The summed E-state index contributed by atoms with van der Waals surface area (Å²) in [7, 11) is 1.23. The van der Waals surface area contributed by atoms with Gasteiger partial charge in [-0.15, -0.1) is 0 Å². The summed E-state index contributed by atoms with van der Waals surface area (Å²) in [6.45, 7) is 1.66. The van der Waals surface area contributed by atoms with Crippen LogP contribution in [0.3, 0.4) is 0 Å².